The average Bonchev–Trinajstić information content (AvgIpc) is 2.83. The quantitative estimate of drug-likeness (QED) is 0.919. The lowest BCUT2D eigenvalue weighted by Gasteiger charge is -2.42. The molecule has 2 aliphatic rings. The Labute approximate surface area is 127 Å². The summed E-state index contributed by atoms with van der Waals surface area (Å²) >= 11 is 0. The minimum atomic E-state index is -0.393. The van der Waals surface area contributed by atoms with Crippen LogP contribution in [0.3, 0.4) is 0 Å². The predicted octanol–water partition coefficient (Wildman–Crippen LogP) is 1.68. The van der Waals surface area contributed by atoms with Crippen LogP contribution in [-0.2, 0) is 6.42 Å². The SMILES string of the molecule is CCN1CCN(C2Cc3ccc(OC)cc3C2O)CC1C. The highest BCUT2D eigenvalue weighted by Crippen LogP contribution is 2.37. The van der Waals surface area contributed by atoms with Crippen LogP contribution >= 0.6 is 0 Å². The van der Waals surface area contributed by atoms with E-state index in [4.69, 9.17) is 4.74 Å². The summed E-state index contributed by atoms with van der Waals surface area (Å²) in [7, 11) is 1.67. The molecule has 0 spiro atoms. The number of hydrogen-bond donors (Lipinski definition) is 1. The zero-order valence-electron chi connectivity index (χ0n) is 13.2. The zero-order chi connectivity index (χ0) is 15.0. The van der Waals surface area contributed by atoms with E-state index >= 15 is 0 Å². The summed E-state index contributed by atoms with van der Waals surface area (Å²) in [6.45, 7) is 8.80. The molecule has 21 heavy (non-hydrogen) atoms. The predicted molar refractivity (Wildman–Crippen MR) is 83.7 cm³/mol. The molecule has 0 radical (unpaired) electrons. The van der Waals surface area contributed by atoms with Crippen LogP contribution in [0.5, 0.6) is 5.75 Å². The number of aliphatic hydroxyl groups excluding tert-OH is 1. The van der Waals surface area contributed by atoms with Crippen LogP contribution in [-0.4, -0.2) is 60.3 Å². The second kappa shape index (κ2) is 5.95. The summed E-state index contributed by atoms with van der Waals surface area (Å²) in [6, 6.07) is 6.86. The van der Waals surface area contributed by atoms with Crippen molar-refractivity contribution < 1.29 is 9.84 Å². The van der Waals surface area contributed by atoms with Crippen LogP contribution < -0.4 is 4.74 Å². The van der Waals surface area contributed by atoms with Gasteiger partial charge >= 0.3 is 0 Å². The van der Waals surface area contributed by atoms with Crippen LogP contribution in [0.4, 0.5) is 0 Å². The van der Waals surface area contributed by atoms with Crippen molar-refractivity contribution in [2.24, 2.45) is 0 Å². The fraction of sp³-hybridized carbons (Fsp3) is 0.647. The Morgan fingerprint density at radius 2 is 2.14 bits per heavy atom. The Morgan fingerprint density at radius 3 is 2.81 bits per heavy atom. The maximum atomic E-state index is 10.7. The largest absolute Gasteiger partial charge is 0.497 e. The number of fused-ring (bicyclic) bond motifs is 1. The van der Waals surface area contributed by atoms with E-state index in [9.17, 15) is 5.11 Å². The lowest BCUT2D eigenvalue weighted by Crippen LogP contribution is -2.55. The molecule has 0 saturated carbocycles. The highest BCUT2D eigenvalue weighted by atomic mass is 16.5. The first kappa shape index (κ1) is 14.8. The Kier molecular flexibility index (Phi) is 4.20. The van der Waals surface area contributed by atoms with Crippen molar-refractivity contribution in [1.82, 2.24) is 9.80 Å². The van der Waals surface area contributed by atoms with Gasteiger partial charge in [-0.3, -0.25) is 9.80 Å². The van der Waals surface area contributed by atoms with Crippen LogP contribution in [0.25, 0.3) is 0 Å². The van der Waals surface area contributed by atoms with Crippen molar-refractivity contribution in [2.75, 3.05) is 33.3 Å². The van der Waals surface area contributed by atoms with Gasteiger partial charge in [-0.2, -0.15) is 0 Å². The van der Waals surface area contributed by atoms with Gasteiger partial charge in [-0.1, -0.05) is 13.0 Å². The fourth-order valence-electron chi connectivity index (χ4n) is 3.83. The first-order valence-corrected chi connectivity index (χ1v) is 7.97. The number of likely N-dealkylation sites (N-methyl/N-ethyl adjacent to an activating group) is 1. The van der Waals surface area contributed by atoms with Gasteiger partial charge in [0.1, 0.15) is 5.75 Å². The fourth-order valence-corrected chi connectivity index (χ4v) is 3.83. The minimum absolute atomic E-state index is 0.216. The molecule has 1 aliphatic heterocycles. The van der Waals surface area contributed by atoms with Gasteiger partial charge in [-0.15, -0.1) is 0 Å². The molecule has 3 unspecified atom stereocenters. The van der Waals surface area contributed by atoms with E-state index in [0.29, 0.717) is 6.04 Å². The van der Waals surface area contributed by atoms with Crippen molar-refractivity contribution >= 4 is 0 Å². The third kappa shape index (κ3) is 2.68. The molecule has 1 heterocycles. The van der Waals surface area contributed by atoms with E-state index in [1.54, 1.807) is 7.11 Å². The summed E-state index contributed by atoms with van der Waals surface area (Å²) < 4.78 is 5.28. The van der Waals surface area contributed by atoms with Gasteiger partial charge in [0.05, 0.1) is 13.2 Å². The first-order valence-electron chi connectivity index (χ1n) is 7.97. The van der Waals surface area contributed by atoms with E-state index in [0.717, 1.165) is 43.9 Å². The summed E-state index contributed by atoms with van der Waals surface area (Å²) in [5.41, 5.74) is 2.31. The van der Waals surface area contributed by atoms with E-state index in [2.05, 4.69) is 29.7 Å². The van der Waals surface area contributed by atoms with Crippen LogP contribution in [0, 0.1) is 0 Å². The topological polar surface area (TPSA) is 35.9 Å². The first-order chi connectivity index (χ1) is 10.1. The van der Waals surface area contributed by atoms with Crippen molar-refractivity contribution in [2.45, 2.75) is 38.5 Å². The van der Waals surface area contributed by atoms with E-state index in [-0.39, 0.29) is 6.04 Å². The molecule has 4 heteroatoms. The van der Waals surface area contributed by atoms with Crippen LogP contribution in [0.2, 0.25) is 0 Å². The summed E-state index contributed by atoms with van der Waals surface area (Å²) in [5.74, 6) is 0.831. The normalized spacial score (nSPS) is 30.4. The monoisotopic (exact) mass is 290 g/mol. The second-order valence-corrected chi connectivity index (χ2v) is 6.25. The van der Waals surface area contributed by atoms with E-state index < -0.39 is 6.10 Å². The number of piperazine rings is 1. The van der Waals surface area contributed by atoms with E-state index in [1.807, 2.05) is 12.1 Å². The minimum Gasteiger partial charge on any atom is -0.497 e. The molecule has 0 aromatic heterocycles. The number of hydrogen-bond acceptors (Lipinski definition) is 4. The molecular formula is C17H26N2O2. The van der Waals surface area contributed by atoms with Gasteiger partial charge in [0, 0.05) is 31.7 Å². The second-order valence-electron chi connectivity index (χ2n) is 6.25. The number of methoxy groups -OCH3 is 1. The van der Waals surface area contributed by atoms with Crippen molar-refractivity contribution in [1.29, 1.82) is 0 Å². The molecule has 1 aromatic carbocycles. The van der Waals surface area contributed by atoms with Crippen LogP contribution in [0.15, 0.2) is 18.2 Å². The molecule has 1 aliphatic carbocycles. The molecular weight excluding hydrogens is 264 g/mol. The Hall–Kier alpha value is -1.10. The molecule has 1 fully saturated rings. The molecule has 3 atom stereocenters. The van der Waals surface area contributed by atoms with Gasteiger partial charge in [0.25, 0.3) is 0 Å². The maximum Gasteiger partial charge on any atom is 0.119 e. The van der Waals surface area contributed by atoms with Gasteiger partial charge in [-0.25, -0.2) is 0 Å². The van der Waals surface area contributed by atoms with E-state index in [1.165, 1.54) is 5.56 Å². The zero-order valence-corrected chi connectivity index (χ0v) is 13.2. The number of rotatable bonds is 3. The highest BCUT2D eigenvalue weighted by Gasteiger charge is 2.37. The maximum absolute atomic E-state index is 10.7. The average molecular weight is 290 g/mol. The molecule has 1 N–H and O–H groups in total. The smallest absolute Gasteiger partial charge is 0.119 e. The van der Waals surface area contributed by atoms with Crippen LogP contribution in [0.1, 0.15) is 31.1 Å². The number of benzene rings is 1. The third-order valence-electron chi connectivity index (χ3n) is 5.14. The molecule has 1 aromatic rings. The molecule has 4 nitrogen and oxygen atoms in total. The Balaban J connectivity index is 1.74. The lowest BCUT2D eigenvalue weighted by molar-refractivity contribution is 0.00838. The number of ether oxygens (including phenoxy) is 1. The lowest BCUT2D eigenvalue weighted by atomic mass is 10.1. The molecule has 116 valence electrons. The molecule has 3 rings (SSSR count). The number of nitrogens with zero attached hydrogens (tertiary/aromatic N) is 2. The van der Waals surface area contributed by atoms with Crippen molar-refractivity contribution in [3.05, 3.63) is 29.3 Å². The molecule has 0 bridgehead atoms. The van der Waals surface area contributed by atoms with Gasteiger partial charge in [-0.05, 0) is 43.1 Å². The van der Waals surface area contributed by atoms with Crippen molar-refractivity contribution in [3.63, 3.8) is 0 Å². The molecule has 1 saturated heterocycles. The Morgan fingerprint density at radius 1 is 1.33 bits per heavy atom. The number of aliphatic hydroxyl groups is 1. The van der Waals surface area contributed by atoms with Crippen molar-refractivity contribution in [3.8, 4) is 5.75 Å². The molecule has 0 amide bonds. The van der Waals surface area contributed by atoms with Gasteiger partial charge < -0.3 is 9.84 Å². The summed E-state index contributed by atoms with van der Waals surface area (Å²) in [5, 5.41) is 10.7. The summed E-state index contributed by atoms with van der Waals surface area (Å²) in [4.78, 5) is 4.97. The Bertz CT molecular complexity index is 506. The van der Waals surface area contributed by atoms with Gasteiger partial charge in [0.2, 0.25) is 0 Å². The standard InChI is InChI=1S/C17H26N2O2/c1-4-18-7-8-19(11-12(18)2)16-9-13-5-6-14(21-3)10-15(13)17(16)20/h5-6,10,12,16-17,20H,4,7-9,11H2,1-3H3. The highest BCUT2D eigenvalue weighted by molar-refractivity contribution is 5.41. The third-order valence-corrected chi connectivity index (χ3v) is 5.14. The van der Waals surface area contributed by atoms with Gasteiger partial charge in [0.15, 0.2) is 0 Å². The summed E-state index contributed by atoms with van der Waals surface area (Å²) in [6.07, 6.45) is 0.551.